The Hall–Kier alpha value is -3.31. The van der Waals surface area contributed by atoms with Crippen LogP contribution < -0.4 is 21.3 Å². The molecule has 0 aliphatic carbocycles. The number of Topliss-reactive ketones (excluding diaryl/α,β-unsaturated/α-hetero) is 1. The molecule has 1 saturated heterocycles. The minimum atomic E-state index is -0.589. The van der Waals surface area contributed by atoms with Crippen molar-refractivity contribution in [2.75, 3.05) is 32.7 Å². The van der Waals surface area contributed by atoms with Crippen molar-refractivity contribution in [2.24, 2.45) is 11.8 Å². The monoisotopic (exact) mass is 467 g/mol. The second-order valence-electron chi connectivity index (χ2n) is 8.17. The van der Waals surface area contributed by atoms with Crippen LogP contribution >= 0.6 is 0 Å². The molecule has 1 aliphatic heterocycles. The molecular formula is C21H33N5O7. The van der Waals surface area contributed by atoms with E-state index in [2.05, 4.69) is 21.3 Å². The summed E-state index contributed by atoms with van der Waals surface area (Å²) < 4.78 is 0. The molecule has 0 saturated carbocycles. The third-order valence-corrected chi connectivity index (χ3v) is 5.01. The zero-order valence-corrected chi connectivity index (χ0v) is 19.3. The van der Waals surface area contributed by atoms with Gasteiger partial charge in [0.2, 0.25) is 35.4 Å². The minimum absolute atomic E-state index is 0.0376. The molecule has 0 aromatic carbocycles. The van der Waals surface area contributed by atoms with Gasteiger partial charge in [-0.15, -0.1) is 0 Å². The lowest BCUT2D eigenvalue weighted by Gasteiger charge is -2.16. The molecule has 1 aliphatic rings. The number of ketones is 1. The summed E-state index contributed by atoms with van der Waals surface area (Å²) in [6.07, 6.45) is 0.720. The normalized spacial score (nSPS) is 15.4. The van der Waals surface area contributed by atoms with E-state index >= 15 is 0 Å². The Kier molecular flexibility index (Phi) is 11.7. The average molecular weight is 468 g/mol. The summed E-state index contributed by atoms with van der Waals surface area (Å²) in [6.45, 7) is 4.52. The van der Waals surface area contributed by atoms with Gasteiger partial charge in [-0.05, 0) is 19.3 Å². The first-order chi connectivity index (χ1) is 15.5. The molecule has 0 bridgehead atoms. The molecule has 0 aromatic heterocycles. The number of hydrogen-bond acceptors (Lipinski definition) is 7. The van der Waals surface area contributed by atoms with Crippen molar-refractivity contribution >= 4 is 41.2 Å². The number of likely N-dealkylation sites (tertiary alicyclic amines) is 1. The molecule has 1 fully saturated rings. The van der Waals surface area contributed by atoms with Crippen LogP contribution in [0.1, 0.15) is 46.5 Å². The standard InChI is InChI=1S/C21H33N5O7/c1-13(2)15-9-20(32)26(21(15)33)8-4-5-16(28)23-11-18(30)25-12-19(31)24-10-17(29)22-7-6-14(3)27/h13,15H,4-12H2,1-3H3,(H,22,29)(H,23,28)(H,24,31)(H,25,30). The van der Waals surface area contributed by atoms with Gasteiger partial charge in [0.05, 0.1) is 19.6 Å². The van der Waals surface area contributed by atoms with Gasteiger partial charge in [0, 0.05) is 38.3 Å². The maximum atomic E-state index is 12.2. The number of nitrogens with one attached hydrogen (secondary N) is 4. The van der Waals surface area contributed by atoms with Crippen molar-refractivity contribution in [1.29, 1.82) is 0 Å². The van der Waals surface area contributed by atoms with Crippen LogP contribution in [-0.2, 0) is 33.6 Å². The average Bonchev–Trinajstić information content (AvgIpc) is 3.03. The van der Waals surface area contributed by atoms with Gasteiger partial charge in [0.1, 0.15) is 5.78 Å². The molecule has 1 unspecified atom stereocenters. The van der Waals surface area contributed by atoms with Crippen molar-refractivity contribution in [3.05, 3.63) is 0 Å². The fourth-order valence-electron chi connectivity index (χ4n) is 3.05. The number of imide groups is 1. The summed E-state index contributed by atoms with van der Waals surface area (Å²) in [5.41, 5.74) is 0. The molecule has 12 nitrogen and oxygen atoms in total. The zero-order valence-electron chi connectivity index (χ0n) is 19.3. The molecule has 1 atom stereocenters. The number of amides is 6. The lowest BCUT2D eigenvalue weighted by molar-refractivity contribution is -0.140. The molecule has 184 valence electrons. The van der Waals surface area contributed by atoms with Crippen LogP contribution in [0.4, 0.5) is 0 Å². The fourth-order valence-corrected chi connectivity index (χ4v) is 3.05. The van der Waals surface area contributed by atoms with E-state index in [4.69, 9.17) is 0 Å². The summed E-state index contributed by atoms with van der Waals surface area (Å²) in [4.78, 5) is 82.9. The highest BCUT2D eigenvalue weighted by atomic mass is 16.2. The summed E-state index contributed by atoms with van der Waals surface area (Å²) in [5, 5.41) is 9.49. The van der Waals surface area contributed by atoms with Gasteiger partial charge in [-0.1, -0.05) is 13.8 Å². The van der Waals surface area contributed by atoms with Crippen LogP contribution in [0.3, 0.4) is 0 Å². The van der Waals surface area contributed by atoms with E-state index in [0.717, 1.165) is 0 Å². The predicted molar refractivity (Wildman–Crippen MR) is 116 cm³/mol. The van der Waals surface area contributed by atoms with Crippen molar-refractivity contribution in [2.45, 2.75) is 46.5 Å². The molecule has 0 radical (unpaired) electrons. The number of carbonyl (C=O) groups is 7. The highest BCUT2D eigenvalue weighted by molar-refractivity contribution is 6.03. The van der Waals surface area contributed by atoms with Crippen molar-refractivity contribution in [3.63, 3.8) is 0 Å². The molecule has 12 heteroatoms. The molecule has 6 amide bonds. The van der Waals surface area contributed by atoms with Crippen molar-refractivity contribution in [1.82, 2.24) is 26.2 Å². The van der Waals surface area contributed by atoms with E-state index in [0.29, 0.717) is 0 Å². The van der Waals surface area contributed by atoms with E-state index in [-0.39, 0.29) is 87.8 Å². The van der Waals surface area contributed by atoms with E-state index in [1.807, 2.05) is 13.8 Å². The van der Waals surface area contributed by atoms with Crippen molar-refractivity contribution in [3.8, 4) is 0 Å². The van der Waals surface area contributed by atoms with E-state index in [1.165, 1.54) is 11.8 Å². The SMILES string of the molecule is CC(=O)CCNC(=O)CNC(=O)CNC(=O)CNC(=O)CCCN1C(=O)CC(C(C)C)C1=O. The molecule has 1 heterocycles. The van der Waals surface area contributed by atoms with Gasteiger partial charge in [-0.3, -0.25) is 38.5 Å². The Bertz CT molecular complexity index is 781. The van der Waals surface area contributed by atoms with Gasteiger partial charge < -0.3 is 21.3 Å². The minimum Gasteiger partial charge on any atom is -0.354 e. The maximum Gasteiger partial charge on any atom is 0.239 e. The van der Waals surface area contributed by atoms with Crippen LogP contribution in [0, 0.1) is 11.8 Å². The van der Waals surface area contributed by atoms with E-state index < -0.39 is 23.6 Å². The fraction of sp³-hybridized carbons (Fsp3) is 0.667. The van der Waals surface area contributed by atoms with Crippen LogP contribution in [-0.4, -0.2) is 78.9 Å². The first-order valence-electron chi connectivity index (χ1n) is 10.9. The largest absolute Gasteiger partial charge is 0.354 e. The van der Waals surface area contributed by atoms with Gasteiger partial charge in [0.25, 0.3) is 0 Å². The summed E-state index contributed by atoms with van der Waals surface area (Å²) >= 11 is 0. The number of rotatable bonds is 14. The lowest BCUT2D eigenvalue weighted by atomic mass is 9.94. The third-order valence-electron chi connectivity index (χ3n) is 5.01. The Morgan fingerprint density at radius 2 is 1.36 bits per heavy atom. The highest BCUT2D eigenvalue weighted by Gasteiger charge is 2.39. The van der Waals surface area contributed by atoms with Crippen LogP contribution in [0.15, 0.2) is 0 Å². The first kappa shape index (κ1) is 27.7. The molecule has 4 N–H and O–H groups in total. The van der Waals surface area contributed by atoms with Crippen LogP contribution in [0.25, 0.3) is 0 Å². The Labute approximate surface area is 192 Å². The molecule has 33 heavy (non-hydrogen) atoms. The van der Waals surface area contributed by atoms with Gasteiger partial charge in [-0.25, -0.2) is 0 Å². The first-order valence-corrected chi connectivity index (χ1v) is 10.9. The zero-order chi connectivity index (χ0) is 25.0. The highest BCUT2D eigenvalue weighted by Crippen LogP contribution is 2.26. The predicted octanol–water partition coefficient (Wildman–Crippen LogP) is -1.76. The summed E-state index contributed by atoms with van der Waals surface area (Å²) in [5.74, 6) is -2.79. The quantitative estimate of drug-likeness (QED) is 0.219. The maximum absolute atomic E-state index is 12.2. The summed E-state index contributed by atoms with van der Waals surface area (Å²) in [7, 11) is 0. The second kappa shape index (κ2) is 14.0. The lowest BCUT2D eigenvalue weighted by Crippen LogP contribution is -2.44. The molecular weight excluding hydrogens is 434 g/mol. The van der Waals surface area contributed by atoms with Crippen molar-refractivity contribution < 1.29 is 33.6 Å². The van der Waals surface area contributed by atoms with Gasteiger partial charge in [0.15, 0.2) is 0 Å². The smallest absolute Gasteiger partial charge is 0.239 e. The Morgan fingerprint density at radius 3 is 1.85 bits per heavy atom. The van der Waals surface area contributed by atoms with Crippen LogP contribution in [0.5, 0.6) is 0 Å². The Balaban J connectivity index is 2.15. The van der Waals surface area contributed by atoms with E-state index in [9.17, 15) is 33.6 Å². The number of nitrogens with zero attached hydrogens (tertiary/aromatic N) is 1. The Morgan fingerprint density at radius 1 is 0.848 bits per heavy atom. The number of carbonyl (C=O) groups excluding carboxylic acids is 7. The molecule has 0 aromatic rings. The molecule has 1 rings (SSSR count). The third kappa shape index (κ3) is 10.7. The second-order valence-corrected chi connectivity index (χ2v) is 8.17. The molecule has 0 spiro atoms. The number of hydrogen-bond donors (Lipinski definition) is 4. The van der Waals surface area contributed by atoms with Gasteiger partial charge >= 0.3 is 0 Å². The van der Waals surface area contributed by atoms with E-state index in [1.54, 1.807) is 0 Å². The van der Waals surface area contributed by atoms with Gasteiger partial charge in [-0.2, -0.15) is 0 Å². The van der Waals surface area contributed by atoms with Crippen LogP contribution in [0.2, 0.25) is 0 Å². The topological polar surface area (TPSA) is 171 Å². The summed E-state index contributed by atoms with van der Waals surface area (Å²) in [6, 6.07) is 0.